The van der Waals surface area contributed by atoms with E-state index in [2.05, 4.69) is 30.7 Å². The summed E-state index contributed by atoms with van der Waals surface area (Å²) in [5.41, 5.74) is -1.68. The van der Waals surface area contributed by atoms with E-state index in [1.165, 1.54) is 0 Å². The minimum absolute atomic E-state index is 0.428. The van der Waals surface area contributed by atoms with Gasteiger partial charge in [-0.1, -0.05) is 0 Å². The molecule has 1 aromatic rings. The maximum atomic E-state index is 13.6. The maximum absolute atomic E-state index is 13.6. The topological polar surface area (TPSA) is 102 Å². The van der Waals surface area contributed by atoms with Crippen LogP contribution < -0.4 is 5.32 Å². The van der Waals surface area contributed by atoms with Gasteiger partial charge in [0.25, 0.3) is 0 Å². The number of aromatic carboxylic acids is 1. The summed E-state index contributed by atoms with van der Waals surface area (Å²) < 4.78 is 35.1. The van der Waals surface area contributed by atoms with Crippen LogP contribution in [0.25, 0.3) is 0 Å². The van der Waals surface area contributed by atoms with Crippen LogP contribution in [-0.2, 0) is 19.1 Å². The van der Waals surface area contributed by atoms with E-state index in [4.69, 9.17) is 5.11 Å². The third-order valence-corrected chi connectivity index (χ3v) is 3.27. The van der Waals surface area contributed by atoms with Crippen LogP contribution >= 0.6 is 15.9 Å². The monoisotopic (exact) mass is 393 g/mol. The molecule has 10 heteroatoms. The van der Waals surface area contributed by atoms with E-state index < -0.39 is 51.0 Å². The summed E-state index contributed by atoms with van der Waals surface area (Å²) in [6, 6.07) is 0.428. The lowest BCUT2D eigenvalue weighted by Gasteiger charge is -2.14. The standard InChI is InChI=1S/C13H10BrF2NO6/c1-22-8(18)4-7(13(21)23-2)17-11-5(12(19)20)3-6(15)10(16)9(11)14/h3-4,17H,1-2H3,(H,19,20)/b7-4+. The minimum atomic E-state index is -1.59. The third-order valence-electron chi connectivity index (χ3n) is 2.52. The molecular weight excluding hydrogens is 384 g/mol. The maximum Gasteiger partial charge on any atom is 0.354 e. The van der Waals surface area contributed by atoms with Gasteiger partial charge in [0.05, 0.1) is 36.0 Å². The third kappa shape index (κ3) is 4.25. The Morgan fingerprint density at radius 1 is 1.26 bits per heavy atom. The highest BCUT2D eigenvalue weighted by Gasteiger charge is 2.23. The quantitative estimate of drug-likeness (QED) is 0.448. The molecule has 0 unspecified atom stereocenters. The predicted octanol–water partition coefficient (Wildman–Crippen LogP) is 2.07. The van der Waals surface area contributed by atoms with Crippen LogP contribution in [0.2, 0.25) is 0 Å². The molecule has 0 bridgehead atoms. The van der Waals surface area contributed by atoms with Crippen molar-refractivity contribution in [3.05, 3.63) is 39.5 Å². The number of benzene rings is 1. The van der Waals surface area contributed by atoms with E-state index in [1.54, 1.807) is 0 Å². The Morgan fingerprint density at radius 3 is 2.35 bits per heavy atom. The summed E-state index contributed by atoms with van der Waals surface area (Å²) in [5, 5.41) is 11.3. The smallest absolute Gasteiger partial charge is 0.354 e. The second kappa shape index (κ2) is 7.68. The van der Waals surface area contributed by atoms with Gasteiger partial charge in [-0.25, -0.2) is 23.2 Å². The second-order valence-corrected chi connectivity index (χ2v) is 4.70. The summed E-state index contributed by atoms with van der Waals surface area (Å²) in [5.74, 6) is -6.37. The first-order valence-corrected chi connectivity index (χ1v) is 6.58. The van der Waals surface area contributed by atoms with Gasteiger partial charge < -0.3 is 19.9 Å². The lowest BCUT2D eigenvalue weighted by molar-refractivity contribution is -0.138. The SMILES string of the molecule is COC(=O)/C=C(/Nc1c(C(=O)O)cc(F)c(F)c1Br)C(=O)OC. The predicted molar refractivity (Wildman–Crippen MR) is 76.8 cm³/mol. The van der Waals surface area contributed by atoms with E-state index in [0.29, 0.717) is 12.1 Å². The molecule has 0 saturated carbocycles. The zero-order valence-corrected chi connectivity index (χ0v) is 13.4. The normalized spacial score (nSPS) is 10.9. The minimum Gasteiger partial charge on any atom is -0.478 e. The van der Waals surface area contributed by atoms with Crippen LogP contribution in [0.5, 0.6) is 0 Å². The van der Waals surface area contributed by atoms with Crippen molar-refractivity contribution in [2.45, 2.75) is 0 Å². The number of hydrogen-bond acceptors (Lipinski definition) is 6. The molecule has 0 atom stereocenters. The molecule has 0 spiro atoms. The van der Waals surface area contributed by atoms with Crippen molar-refractivity contribution in [3.63, 3.8) is 0 Å². The average Bonchev–Trinajstić information content (AvgIpc) is 2.52. The molecule has 0 radical (unpaired) electrons. The summed E-state index contributed by atoms with van der Waals surface area (Å²) in [7, 11) is 2.05. The van der Waals surface area contributed by atoms with E-state index >= 15 is 0 Å². The summed E-state index contributed by atoms with van der Waals surface area (Å²) in [6.45, 7) is 0. The Balaban J connectivity index is 3.47. The number of carbonyl (C=O) groups is 3. The van der Waals surface area contributed by atoms with Crippen molar-refractivity contribution in [1.82, 2.24) is 0 Å². The molecule has 1 rings (SSSR count). The fraction of sp³-hybridized carbons (Fsp3) is 0.154. The second-order valence-electron chi connectivity index (χ2n) is 3.91. The van der Waals surface area contributed by atoms with Crippen LogP contribution in [-0.4, -0.2) is 37.2 Å². The van der Waals surface area contributed by atoms with Gasteiger partial charge in [0.2, 0.25) is 0 Å². The number of hydrogen-bond donors (Lipinski definition) is 2. The van der Waals surface area contributed by atoms with Crippen LogP contribution in [0.15, 0.2) is 22.3 Å². The number of methoxy groups -OCH3 is 2. The fourth-order valence-corrected chi connectivity index (χ4v) is 1.96. The van der Waals surface area contributed by atoms with Gasteiger partial charge >= 0.3 is 17.9 Å². The highest BCUT2D eigenvalue weighted by molar-refractivity contribution is 9.10. The van der Waals surface area contributed by atoms with Gasteiger partial charge in [0.1, 0.15) is 5.70 Å². The number of ether oxygens (including phenoxy) is 2. The number of rotatable bonds is 5. The van der Waals surface area contributed by atoms with E-state index in [1.807, 2.05) is 0 Å². The number of anilines is 1. The van der Waals surface area contributed by atoms with Crippen LogP contribution in [0, 0.1) is 11.6 Å². The van der Waals surface area contributed by atoms with E-state index in [9.17, 15) is 23.2 Å². The molecule has 0 aromatic heterocycles. The van der Waals surface area contributed by atoms with Gasteiger partial charge in [0, 0.05) is 0 Å². The molecular formula is C13H10BrF2NO6. The summed E-state index contributed by atoms with van der Waals surface area (Å²) >= 11 is 2.70. The summed E-state index contributed by atoms with van der Waals surface area (Å²) in [6.07, 6.45) is 0.672. The number of carboxylic acids is 1. The molecule has 2 N–H and O–H groups in total. The van der Waals surface area contributed by atoms with Crippen LogP contribution in [0.1, 0.15) is 10.4 Å². The largest absolute Gasteiger partial charge is 0.478 e. The zero-order chi connectivity index (χ0) is 17.7. The Kier molecular flexibility index (Phi) is 6.19. The van der Waals surface area contributed by atoms with E-state index in [-0.39, 0.29) is 0 Å². The molecule has 124 valence electrons. The number of carbonyl (C=O) groups excluding carboxylic acids is 2. The Hall–Kier alpha value is -2.49. The van der Waals surface area contributed by atoms with Gasteiger partial charge in [-0.3, -0.25) is 0 Å². The zero-order valence-electron chi connectivity index (χ0n) is 11.8. The van der Waals surface area contributed by atoms with Crippen molar-refractivity contribution < 1.29 is 37.7 Å². The van der Waals surface area contributed by atoms with Crippen molar-refractivity contribution >= 4 is 39.5 Å². The molecule has 1 aromatic carbocycles. The highest BCUT2D eigenvalue weighted by atomic mass is 79.9. The Labute approximate surface area is 137 Å². The van der Waals surface area contributed by atoms with Crippen molar-refractivity contribution in [2.24, 2.45) is 0 Å². The number of carboxylic acid groups (broad SMARTS) is 1. The van der Waals surface area contributed by atoms with Crippen molar-refractivity contribution in [1.29, 1.82) is 0 Å². The molecule has 7 nitrogen and oxygen atoms in total. The molecule has 0 saturated heterocycles. The highest BCUT2D eigenvalue weighted by Crippen LogP contribution is 2.32. The number of halogens is 3. The number of nitrogens with one attached hydrogen (secondary N) is 1. The average molecular weight is 394 g/mol. The Bertz CT molecular complexity index is 704. The fourth-order valence-electron chi connectivity index (χ4n) is 1.45. The lowest BCUT2D eigenvalue weighted by atomic mass is 10.1. The summed E-state index contributed by atoms with van der Waals surface area (Å²) in [4.78, 5) is 34.0. The lowest BCUT2D eigenvalue weighted by Crippen LogP contribution is -2.18. The molecule has 23 heavy (non-hydrogen) atoms. The molecule has 0 aliphatic carbocycles. The van der Waals surface area contributed by atoms with Gasteiger partial charge in [-0.2, -0.15) is 0 Å². The van der Waals surface area contributed by atoms with Crippen LogP contribution in [0.3, 0.4) is 0 Å². The first-order valence-electron chi connectivity index (χ1n) is 5.78. The first kappa shape index (κ1) is 18.6. The van der Waals surface area contributed by atoms with Crippen LogP contribution in [0.4, 0.5) is 14.5 Å². The van der Waals surface area contributed by atoms with Gasteiger partial charge in [-0.05, 0) is 22.0 Å². The molecule has 0 amide bonds. The van der Waals surface area contributed by atoms with Crippen molar-refractivity contribution in [2.75, 3.05) is 19.5 Å². The molecule has 0 heterocycles. The first-order chi connectivity index (χ1) is 10.7. The van der Waals surface area contributed by atoms with Gasteiger partial charge in [-0.15, -0.1) is 0 Å². The molecule has 0 aliphatic rings. The van der Waals surface area contributed by atoms with E-state index in [0.717, 1.165) is 14.2 Å². The Morgan fingerprint density at radius 2 is 1.87 bits per heavy atom. The van der Waals surface area contributed by atoms with Gasteiger partial charge in [0.15, 0.2) is 11.6 Å². The van der Waals surface area contributed by atoms with Crippen molar-refractivity contribution in [3.8, 4) is 0 Å². The number of esters is 2. The molecule has 0 fully saturated rings. The molecule has 0 aliphatic heterocycles.